The van der Waals surface area contributed by atoms with Crippen LogP contribution in [0.3, 0.4) is 0 Å². The van der Waals surface area contributed by atoms with Gasteiger partial charge in [-0.25, -0.2) is 0 Å². The third-order valence-electron chi connectivity index (χ3n) is 4.98. The van der Waals surface area contributed by atoms with E-state index in [1.807, 2.05) is 48.5 Å². The standard InChI is InChI=1S/C21H21NO4/c23-19(22-14-7-1-2-8-14)13-25-21(24)20-15-9-3-5-11-17(15)26-18-12-6-4-10-16(18)20/h3-6,9-12,14,20H,1-2,7-8,13H2,(H,22,23). The Labute approximate surface area is 152 Å². The lowest BCUT2D eigenvalue weighted by molar-refractivity contribution is -0.149. The van der Waals surface area contributed by atoms with Gasteiger partial charge in [-0.15, -0.1) is 0 Å². The van der Waals surface area contributed by atoms with Gasteiger partial charge < -0.3 is 14.8 Å². The molecule has 5 nitrogen and oxygen atoms in total. The molecule has 134 valence electrons. The average Bonchev–Trinajstić information content (AvgIpc) is 3.17. The van der Waals surface area contributed by atoms with Gasteiger partial charge in [0.25, 0.3) is 5.91 Å². The van der Waals surface area contributed by atoms with E-state index in [4.69, 9.17) is 9.47 Å². The molecule has 1 aliphatic carbocycles. The highest BCUT2D eigenvalue weighted by Crippen LogP contribution is 2.44. The van der Waals surface area contributed by atoms with Gasteiger partial charge in [0.2, 0.25) is 0 Å². The van der Waals surface area contributed by atoms with Crippen LogP contribution in [-0.4, -0.2) is 24.5 Å². The summed E-state index contributed by atoms with van der Waals surface area (Å²) in [6.07, 6.45) is 4.28. The van der Waals surface area contributed by atoms with Crippen molar-refractivity contribution in [2.45, 2.75) is 37.6 Å². The number of rotatable bonds is 4. The number of nitrogens with one attached hydrogen (secondary N) is 1. The van der Waals surface area contributed by atoms with Crippen LogP contribution in [0, 0.1) is 0 Å². The zero-order valence-corrected chi connectivity index (χ0v) is 14.4. The van der Waals surface area contributed by atoms with E-state index < -0.39 is 11.9 Å². The molecule has 2 aromatic rings. The minimum absolute atomic E-state index is 0.214. The number of esters is 1. The van der Waals surface area contributed by atoms with Gasteiger partial charge >= 0.3 is 5.97 Å². The third-order valence-corrected chi connectivity index (χ3v) is 4.98. The number of hydrogen-bond donors (Lipinski definition) is 1. The molecule has 1 fully saturated rings. The Morgan fingerprint density at radius 2 is 1.54 bits per heavy atom. The first-order valence-electron chi connectivity index (χ1n) is 9.04. The third kappa shape index (κ3) is 3.29. The minimum Gasteiger partial charge on any atom is -0.457 e. The normalized spacial score (nSPS) is 16.3. The van der Waals surface area contributed by atoms with E-state index in [0.29, 0.717) is 11.5 Å². The molecule has 1 heterocycles. The Bertz CT molecular complexity index is 781. The molecule has 1 amide bonds. The minimum atomic E-state index is -0.588. The van der Waals surface area contributed by atoms with Gasteiger partial charge in [0.05, 0.1) is 0 Å². The second-order valence-corrected chi connectivity index (χ2v) is 6.77. The smallest absolute Gasteiger partial charge is 0.318 e. The lowest BCUT2D eigenvalue weighted by atomic mass is 9.88. The largest absolute Gasteiger partial charge is 0.457 e. The molecule has 0 unspecified atom stereocenters. The van der Waals surface area contributed by atoms with E-state index in [1.165, 1.54) is 0 Å². The van der Waals surface area contributed by atoms with Crippen LogP contribution in [0.2, 0.25) is 0 Å². The summed E-state index contributed by atoms with van der Waals surface area (Å²) < 4.78 is 11.2. The lowest BCUT2D eigenvalue weighted by Gasteiger charge is -2.26. The van der Waals surface area contributed by atoms with Crippen LogP contribution in [0.25, 0.3) is 0 Å². The molecule has 2 aromatic carbocycles. The van der Waals surface area contributed by atoms with Gasteiger partial charge in [-0.05, 0) is 25.0 Å². The molecule has 1 aliphatic heterocycles. The number of amides is 1. The van der Waals surface area contributed by atoms with Crippen molar-refractivity contribution in [3.63, 3.8) is 0 Å². The summed E-state index contributed by atoms with van der Waals surface area (Å²) in [7, 11) is 0. The Morgan fingerprint density at radius 3 is 2.15 bits per heavy atom. The second-order valence-electron chi connectivity index (χ2n) is 6.77. The van der Waals surface area contributed by atoms with Crippen molar-refractivity contribution < 1.29 is 19.1 Å². The van der Waals surface area contributed by atoms with E-state index in [-0.39, 0.29) is 18.6 Å². The first-order chi connectivity index (χ1) is 12.7. The second kappa shape index (κ2) is 7.20. The molecular weight excluding hydrogens is 330 g/mol. The molecule has 0 spiro atoms. The highest BCUT2D eigenvalue weighted by atomic mass is 16.5. The summed E-state index contributed by atoms with van der Waals surface area (Å²) in [6, 6.07) is 15.1. The zero-order chi connectivity index (χ0) is 17.9. The Morgan fingerprint density at radius 1 is 0.962 bits per heavy atom. The fourth-order valence-corrected chi connectivity index (χ4v) is 3.72. The number of ether oxygens (including phenoxy) is 2. The molecule has 0 atom stereocenters. The van der Waals surface area contributed by atoms with Gasteiger partial charge in [0.1, 0.15) is 17.4 Å². The topological polar surface area (TPSA) is 64.6 Å². The monoisotopic (exact) mass is 351 g/mol. The molecule has 5 heteroatoms. The number of fused-ring (bicyclic) bond motifs is 2. The first-order valence-corrected chi connectivity index (χ1v) is 9.04. The Hall–Kier alpha value is -2.82. The fourth-order valence-electron chi connectivity index (χ4n) is 3.72. The quantitative estimate of drug-likeness (QED) is 0.856. The van der Waals surface area contributed by atoms with E-state index in [1.54, 1.807) is 0 Å². The zero-order valence-electron chi connectivity index (χ0n) is 14.4. The molecule has 0 radical (unpaired) electrons. The van der Waals surface area contributed by atoms with Crippen molar-refractivity contribution in [3.8, 4) is 11.5 Å². The Kier molecular flexibility index (Phi) is 4.61. The van der Waals surface area contributed by atoms with Gasteiger partial charge in [-0.2, -0.15) is 0 Å². The first kappa shape index (κ1) is 16.6. The predicted octanol–water partition coefficient (Wildman–Crippen LogP) is 3.53. The fraction of sp³-hybridized carbons (Fsp3) is 0.333. The van der Waals surface area contributed by atoms with Crippen LogP contribution < -0.4 is 10.1 Å². The predicted molar refractivity (Wildman–Crippen MR) is 96.2 cm³/mol. The molecule has 0 bridgehead atoms. The van der Waals surface area contributed by atoms with Crippen molar-refractivity contribution in [1.82, 2.24) is 5.32 Å². The molecule has 2 aliphatic rings. The van der Waals surface area contributed by atoms with Crippen LogP contribution in [0.15, 0.2) is 48.5 Å². The maximum Gasteiger partial charge on any atom is 0.318 e. The average molecular weight is 351 g/mol. The molecule has 4 rings (SSSR count). The van der Waals surface area contributed by atoms with Gasteiger partial charge in [0.15, 0.2) is 6.61 Å². The summed E-state index contributed by atoms with van der Waals surface area (Å²) in [5, 5.41) is 2.93. The number of para-hydroxylation sites is 2. The number of hydrogen-bond acceptors (Lipinski definition) is 4. The van der Waals surface area contributed by atoms with E-state index >= 15 is 0 Å². The van der Waals surface area contributed by atoms with Gasteiger partial charge in [0, 0.05) is 17.2 Å². The summed E-state index contributed by atoms with van der Waals surface area (Å²) in [4.78, 5) is 24.9. The summed E-state index contributed by atoms with van der Waals surface area (Å²) in [5.74, 6) is 0.0243. The molecule has 26 heavy (non-hydrogen) atoms. The van der Waals surface area contributed by atoms with E-state index in [2.05, 4.69) is 5.32 Å². The molecular formula is C21H21NO4. The van der Waals surface area contributed by atoms with Crippen LogP contribution in [0.5, 0.6) is 11.5 Å². The van der Waals surface area contributed by atoms with E-state index in [9.17, 15) is 9.59 Å². The highest BCUT2D eigenvalue weighted by molar-refractivity contribution is 5.87. The lowest BCUT2D eigenvalue weighted by Crippen LogP contribution is -2.36. The summed E-state index contributed by atoms with van der Waals surface area (Å²) >= 11 is 0. The molecule has 0 saturated heterocycles. The van der Waals surface area contributed by atoms with Crippen LogP contribution in [-0.2, 0) is 14.3 Å². The molecule has 1 saturated carbocycles. The molecule has 0 aromatic heterocycles. The van der Waals surface area contributed by atoms with E-state index in [0.717, 1.165) is 36.8 Å². The molecule has 1 N–H and O–H groups in total. The van der Waals surface area contributed by atoms with Gasteiger partial charge in [-0.3, -0.25) is 9.59 Å². The maximum absolute atomic E-state index is 12.8. The summed E-state index contributed by atoms with van der Waals surface area (Å²) in [6.45, 7) is -0.253. The maximum atomic E-state index is 12.8. The number of benzene rings is 2. The number of carbonyl (C=O) groups is 2. The van der Waals surface area contributed by atoms with Crippen molar-refractivity contribution in [3.05, 3.63) is 59.7 Å². The van der Waals surface area contributed by atoms with Crippen molar-refractivity contribution in [2.24, 2.45) is 0 Å². The Balaban J connectivity index is 1.49. The van der Waals surface area contributed by atoms with Gasteiger partial charge in [-0.1, -0.05) is 49.2 Å². The van der Waals surface area contributed by atoms with Crippen LogP contribution in [0.4, 0.5) is 0 Å². The van der Waals surface area contributed by atoms with Crippen molar-refractivity contribution >= 4 is 11.9 Å². The highest BCUT2D eigenvalue weighted by Gasteiger charge is 2.34. The van der Waals surface area contributed by atoms with Crippen LogP contribution in [0.1, 0.15) is 42.7 Å². The SMILES string of the molecule is O=C(COC(=O)C1c2ccccc2Oc2ccccc21)NC1CCCC1. The van der Waals surface area contributed by atoms with Crippen molar-refractivity contribution in [1.29, 1.82) is 0 Å². The number of carbonyl (C=O) groups excluding carboxylic acids is 2. The van der Waals surface area contributed by atoms with Crippen molar-refractivity contribution in [2.75, 3.05) is 6.61 Å². The van der Waals surface area contributed by atoms with Crippen LogP contribution >= 0.6 is 0 Å². The summed E-state index contributed by atoms with van der Waals surface area (Å²) in [5.41, 5.74) is 1.51.